The Morgan fingerprint density at radius 1 is 0.500 bits per heavy atom. The van der Waals surface area contributed by atoms with Gasteiger partial charge in [-0.1, -0.05) is 0 Å². The highest BCUT2D eigenvalue weighted by molar-refractivity contribution is 7.96. The smallest absolute Gasteiger partial charge is 0.132 e. The lowest BCUT2D eigenvalue weighted by molar-refractivity contribution is 1.21. The number of aliphatic imine (C=N–C) groups is 4. The molecular weight excluding hydrogens is 537 g/mol. The van der Waals surface area contributed by atoms with Crippen LogP contribution in [0.25, 0.3) is 11.4 Å². The monoisotopic (exact) mass is 542 g/mol. The summed E-state index contributed by atoms with van der Waals surface area (Å²) in [5.41, 5.74) is 11.6. The molecule has 7 aliphatic heterocycles. The van der Waals surface area contributed by atoms with Crippen molar-refractivity contribution in [3.8, 4) is 0 Å². The largest absolute Gasteiger partial charge is 0.308 e. The maximum atomic E-state index is 4.89. The van der Waals surface area contributed by atoms with Crippen molar-refractivity contribution in [3.05, 3.63) is 81.3 Å². The fourth-order valence-corrected chi connectivity index (χ4v) is 6.80. The topological polar surface area (TPSA) is 150 Å². The molecule has 0 radical (unpaired) electrons. The van der Waals surface area contributed by atoms with Gasteiger partial charge in [-0.2, -0.15) is 26.2 Å². The zero-order chi connectivity index (χ0) is 23.4. The van der Waals surface area contributed by atoms with Gasteiger partial charge in [-0.25, -0.2) is 20.0 Å². The van der Waals surface area contributed by atoms with E-state index in [-0.39, 0.29) is 0 Å². The molecule has 12 nitrogen and oxygen atoms in total. The zero-order valence-corrected chi connectivity index (χ0v) is 20.7. The summed E-state index contributed by atoms with van der Waals surface area (Å²) < 4.78 is 33.5. The van der Waals surface area contributed by atoms with E-state index in [1.807, 2.05) is 24.3 Å². The first kappa shape index (κ1) is 19.2. The number of rotatable bonds is 0. The number of fused-ring (bicyclic) bond motifs is 14. The van der Waals surface area contributed by atoms with E-state index in [9.17, 15) is 0 Å². The Kier molecular flexibility index (Phi) is 3.64. The minimum Gasteiger partial charge on any atom is -0.308 e. The summed E-state index contributed by atoms with van der Waals surface area (Å²) in [6, 6.07) is 0. The number of allylic oxidation sites excluding steroid dienone is 4. The highest BCUT2D eigenvalue weighted by atomic mass is 32.2. The van der Waals surface area contributed by atoms with E-state index in [0.29, 0.717) is 57.0 Å². The third-order valence-corrected chi connectivity index (χ3v) is 8.24. The van der Waals surface area contributed by atoms with Crippen molar-refractivity contribution in [1.82, 2.24) is 26.9 Å². The Morgan fingerprint density at radius 3 is 1.83 bits per heavy atom. The number of aromatic nitrogens is 4. The number of nitrogens with one attached hydrogen (secondary N) is 2. The third kappa shape index (κ3) is 2.53. The molecule has 0 aliphatic carbocycles. The fourth-order valence-electron chi connectivity index (χ4n) is 4.44. The lowest BCUT2D eigenvalue weighted by Crippen LogP contribution is -2.07. The Hall–Kier alpha value is -3.99. The van der Waals surface area contributed by atoms with Crippen LogP contribution in [-0.4, -0.2) is 40.3 Å². The van der Waals surface area contributed by atoms with Crippen molar-refractivity contribution in [3.63, 3.8) is 0 Å². The molecule has 0 unspecified atom stereocenters. The van der Waals surface area contributed by atoms with E-state index >= 15 is 0 Å². The van der Waals surface area contributed by atoms with Gasteiger partial charge in [0.15, 0.2) is 0 Å². The van der Waals surface area contributed by atoms with Gasteiger partial charge >= 0.3 is 0 Å². The van der Waals surface area contributed by atoms with Gasteiger partial charge in [0.05, 0.1) is 104 Å². The van der Waals surface area contributed by atoms with Gasteiger partial charge in [0.1, 0.15) is 34.2 Å². The summed E-state index contributed by atoms with van der Waals surface area (Å²) >= 11 is 4.84. The molecule has 36 heavy (non-hydrogen) atoms. The molecule has 0 saturated heterocycles. The number of hydrogen-bond acceptors (Lipinski definition) is 15. The number of nitrogens with zero attached hydrogens (tertiary/aromatic N) is 10. The van der Waals surface area contributed by atoms with Gasteiger partial charge in [0.25, 0.3) is 0 Å². The van der Waals surface area contributed by atoms with Gasteiger partial charge in [-0.05, 0) is 24.3 Å². The lowest BCUT2D eigenvalue weighted by atomic mass is 10.1. The van der Waals surface area contributed by atoms with E-state index in [1.165, 1.54) is 12.1 Å². The highest BCUT2D eigenvalue weighted by Gasteiger charge is 2.34. The normalized spacial score (nSPS) is 21.8. The van der Waals surface area contributed by atoms with E-state index < -0.39 is 0 Å². The van der Waals surface area contributed by atoms with Gasteiger partial charge in [0.2, 0.25) is 0 Å². The van der Waals surface area contributed by atoms with Crippen LogP contribution in [0.3, 0.4) is 0 Å². The molecule has 0 fully saturated rings. The Morgan fingerprint density at radius 2 is 1.06 bits per heavy atom. The summed E-state index contributed by atoms with van der Waals surface area (Å²) in [6.07, 6.45) is 7.61. The van der Waals surface area contributed by atoms with Crippen molar-refractivity contribution < 1.29 is 0 Å². The van der Waals surface area contributed by atoms with Gasteiger partial charge < -0.3 is 9.44 Å². The molecule has 2 N–H and O–H groups in total. The van der Waals surface area contributed by atoms with Gasteiger partial charge in [-0.3, -0.25) is 0 Å². The molecule has 170 valence electrons. The van der Waals surface area contributed by atoms with Crippen LogP contribution in [0.4, 0.5) is 0 Å². The van der Waals surface area contributed by atoms with Crippen LogP contribution < -0.4 is 9.44 Å². The predicted molar refractivity (Wildman–Crippen MR) is 140 cm³/mol. The van der Waals surface area contributed by atoms with Crippen LogP contribution in [0.1, 0.15) is 22.8 Å². The quantitative estimate of drug-likeness (QED) is 0.486. The molecule has 0 spiro atoms. The second kappa shape index (κ2) is 6.82. The first-order valence-corrected chi connectivity index (χ1v) is 13.5. The lowest BCUT2D eigenvalue weighted by Gasteiger charge is -2.01. The van der Waals surface area contributed by atoms with Gasteiger partial charge in [-0.15, -0.1) is 0 Å². The maximum Gasteiger partial charge on any atom is 0.132 e. The van der Waals surface area contributed by atoms with Crippen molar-refractivity contribution in [2.75, 3.05) is 0 Å². The average Bonchev–Trinajstić information content (AvgIpc) is 3.67. The van der Waals surface area contributed by atoms with Crippen LogP contribution >= 0.6 is 35.6 Å². The summed E-state index contributed by atoms with van der Waals surface area (Å²) in [7, 11) is 0. The second-order valence-corrected chi connectivity index (χ2v) is 10.2. The Bertz CT molecular complexity index is 1890. The summed E-state index contributed by atoms with van der Waals surface area (Å²) in [5, 5.41) is 0. The van der Waals surface area contributed by atoms with Crippen molar-refractivity contribution in [2.45, 2.75) is 0 Å². The molecule has 2 aromatic rings. The Labute approximate surface area is 217 Å². The predicted octanol–water partition coefficient (Wildman–Crippen LogP) is 2.71. The molecule has 0 aromatic carbocycles. The highest BCUT2D eigenvalue weighted by Crippen LogP contribution is 2.38. The number of hydrogen-bond donors (Lipinski definition) is 2. The van der Waals surface area contributed by atoms with Crippen LogP contribution in [0.2, 0.25) is 0 Å². The summed E-state index contributed by atoms with van der Waals surface area (Å²) in [6.45, 7) is 0. The second-order valence-electron chi connectivity index (χ2n) is 8.05. The van der Waals surface area contributed by atoms with E-state index in [2.05, 4.69) is 35.7 Å². The zero-order valence-electron chi connectivity index (χ0n) is 17.4. The summed E-state index contributed by atoms with van der Waals surface area (Å²) in [5.74, 6) is 0. The molecule has 9 rings (SSSR count). The first-order valence-electron chi connectivity index (χ1n) is 10.4. The summed E-state index contributed by atoms with van der Waals surface area (Å²) in [4.78, 5) is 19.4. The molecule has 7 aliphatic rings. The van der Waals surface area contributed by atoms with E-state index in [1.54, 1.807) is 0 Å². The first-order chi connectivity index (χ1) is 17.8. The van der Waals surface area contributed by atoms with Gasteiger partial charge in [0, 0.05) is 0 Å². The fraction of sp³-hybridized carbons (Fsp3) is 0. The van der Waals surface area contributed by atoms with E-state index in [0.717, 1.165) is 69.0 Å². The molecule has 0 saturated carbocycles. The van der Waals surface area contributed by atoms with Crippen LogP contribution in [-0.2, 0) is 11.4 Å². The minimum absolute atomic E-state index is 0.666. The molecule has 2 aromatic heterocycles. The van der Waals surface area contributed by atoms with Crippen LogP contribution in [0, 0.1) is 0 Å². The maximum absolute atomic E-state index is 4.89. The molecule has 0 atom stereocenters. The average molecular weight is 543 g/mol. The molecule has 16 heteroatoms. The Balaban J connectivity index is 1.33. The molecule has 9 heterocycles. The van der Waals surface area contributed by atoms with Crippen molar-refractivity contribution >= 4 is 81.2 Å². The van der Waals surface area contributed by atoms with Crippen LogP contribution in [0.5, 0.6) is 0 Å². The van der Waals surface area contributed by atoms with E-state index in [4.69, 9.17) is 20.0 Å². The standard InChI is InChI=1S/C20H6N12S4/c1-5-13-15(27-33-25-13)7(21-5)2-9-17-19(31-35-29-17)11(23-9)4-12-20-18(30-36-32-20)10(24-12)3-8-16-14(6(1)22-8)26-34-28-16/h1-4,25,27H. The van der Waals surface area contributed by atoms with Crippen molar-refractivity contribution in [1.29, 1.82) is 0 Å². The van der Waals surface area contributed by atoms with Crippen LogP contribution in [0.15, 0.2) is 87.2 Å². The molecular formula is C20H6N12S4. The minimum atomic E-state index is 0.666. The third-order valence-electron chi connectivity index (χ3n) is 6.05. The van der Waals surface area contributed by atoms with Crippen molar-refractivity contribution in [2.24, 2.45) is 28.7 Å². The molecule has 0 amide bonds. The SMILES string of the molecule is C1=C2N=C(C=C3N=C(C=C4N=C(C=C5N=C1c1nsnc15)C1=C4NSN1)c1nsnc13)C1=C2N=S=N1. The molecule has 8 bridgehead atoms.